The summed E-state index contributed by atoms with van der Waals surface area (Å²) >= 11 is 0. The smallest absolute Gasteiger partial charge is 0.267 e. The van der Waals surface area contributed by atoms with Crippen LogP contribution in [0.1, 0.15) is 0 Å². The average molecular weight is 346 g/mol. The van der Waals surface area contributed by atoms with E-state index in [-0.39, 0.29) is 5.57 Å². The standard InChI is InChI=1S/C18H14N6O2/c19-10-13(11-20-18-21-12-22-24-18)17(25)23-14-6-8-16(9-7-14)26-15-4-2-1-3-5-15/h1-9,11-12H,(H,23,25)(H2,20,21,22,24)/b13-11-. The second-order valence-corrected chi connectivity index (χ2v) is 5.04. The van der Waals surface area contributed by atoms with Gasteiger partial charge in [-0.2, -0.15) is 15.3 Å². The molecule has 1 heterocycles. The van der Waals surface area contributed by atoms with E-state index >= 15 is 0 Å². The number of H-pyrrole nitrogens is 1. The Balaban J connectivity index is 1.61. The molecule has 26 heavy (non-hydrogen) atoms. The topological polar surface area (TPSA) is 116 Å². The van der Waals surface area contributed by atoms with Crippen LogP contribution in [-0.4, -0.2) is 21.1 Å². The Morgan fingerprint density at radius 1 is 1.12 bits per heavy atom. The summed E-state index contributed by atoms with van der Waals surface area (Å²) in [6.45, 7) is 0. The number of anilines is 2. The number of rotatable bonds is 6. The molecule has 1 amide bonds. The number of carbonyl (C=O) groups is 1. The second kappa shape index (κ2) is 8.12. The molecule has 2 aromatic carbocycles. The molecular formula is C18H14N6O2. The third kappa shape index (κ3) is 4.46. The molecule has 8 heteroatoms. The van der Waals surface area contributed by atoms with E-state index in [1.165, 1.54) is 12.5 Å². The van der Waals surface area contributed by atoms with Gasteiger partial charge in [-0.3, -0.25) is 4.79 Å². The first-order valence-electron chi connectivity index (χ1n) is 7.61. The van der Waals surface area contributed by atoms with Crippen molar-refractivity contribution in [2.45, 2.75) is 0 Å². The van der Waals surface area contributed by atoms with E-state index < -0.39 is 5.91 Å². The monoisotopic (exact) mass is 346 g/mol. The molecule has 0 spiro atoms. The predicted molar refractivity (Wildman–Crippen MR) is 95.3 cm³/mol. The summed E-state index contributed by atoms with van der Waals surface area (Å²) in [6.07, 6.45) is 2.56. The van der Waals surface area contributed by atoms with Gasteiger partial charge in [-0.05, 0) is 36.4 Å². The van der Waals surface area contributed by atoms with Crippen LogP contribution in [0.2, 0.25) is 0 Å². The average Bonchev–Trinajstić information content (AvgIpc) is 3.18. The number of aromatic nitrogens is 3. The maximum Gasteiger partial charge on any atom is 0.267 e. The molecule has 0 aliphatic rings. The van der Waals surface area contributed by atoms with E-state index in [0.29, 0.717) is 17.4 Å². The van der Waals surface area contributed by atoms with Crippen molar-refractivity contribution < 1.29 is 9.53 Å². The fourth-order valence-electron chi connectivity index (χ4n) is 1.99. The lowest BCUT2D eigenvalue weighted by atomic mass is 10.2. The highest BCUT2D eigenvalue weighted by molar-refractivity contribution is 6.06. The lowest BCUT2D eigenvalue weighted by Gasteiger charge is -2.08. The maximum atomic E-state index is 12.2. The molecule has 0 radical (unpaired) electrons. The minimum atomic E-state index is -0.545. The zero-order chi connectivity index (χ0) is 18.2. The van der Waals surface area contributed by atoms with Gasteiger partial charge in [0.05, 0.1) is 0 Å². The molecule has 8 nitrogen and oxygen atoms in total. The molecule has 0 bridgehead atoms. The van der Waals surface area contributed by atoms with Crippen LogP contribution in [0.4, 0.5) is 11.6 Å². The normalized spacial score (nSPS) is 10.7. The van der Waals surface area contributed by atoms with Crippen molar-refractivity contribution in [3.63, 3.8) is 0 Å². The Labute approximate surface area is 149 Å². The van der Waals surface area contributed by atoms with Crippen LogP contribution in [0.5, 0.6) is 11.5 Å². The molecule has 3 aromatic rings. The molecule has 1 aromatic heterocycles. The van der Waals surface area contributed by atoms with E-state index in [9.17, 15) is 4.79 Å². The van der Waals surface area contributed by atoms with Gasteiger partial charge >= 0.3 is 0 Å². The van der Waals surface area contributed by atoms with Crippen LogP contribution in [-0.2, 0) is 4.79 Å². The fourth-order valence-corrected chi connectivity index (χ4v) is 1.99. The summed E-state index contributed by atoms with van der Waals surface area (Å²) in [5.41, 5.74) is 0.433. The van der Waals surface area contributed by atoms with Crippen molar-refractivity contribution in [2.75, 3.05) is 10.6 Å². The van der Waals surface area contributed by atoms with Crippen molar-refractivity contribution in [3.8, 4) is 17.6 Å². The van der Waals surface area contributed by atoms with E-state index in [1.54, 1.807) is 24.3 Å². The summed E-state index contributed by atoms with van der Waals surface area (Å²) in [7, 11) is 0. The van der Waals surface area contributed by atoms with Crippen LogP contribution in [0.25, 0.3) is 0 Å². The van der Waals surface area contributed by atoms with Crippen molar-refractivity contribution in [2.24, 2.45) is 0 Å². The molecule has 3 N–H and O–H groups in total. The molecule has 3 rings (SSSR count). The zero-order valence-electron chi connectivity index (χ0n) is 13.5. The molecule has 0 saturated heterocycles. The van der Waals surface area contributed by atoms with Crippen LogP contribution in [0.3, 0.4) is 0 Å². The van der Waals surface area contributed by atoms with Gasteiger partial charge in [0.2, 0.25) is 5.95 Å². The number of carbonyl (C=O) groups excluding carboxylic acids is 1. The summed E-state index contributed by atoms with van der Waals surface area (Å²) in [5, 5.41) is 20.7. The van der Waals surface area contributed by atoms with Crippen molar-refractivity contribution >= 4 is 17.5 Å². The highest BCUT2D eigenvalue weighted by Gasteiger charge is 2.09. The first-order valence-corrected chi connectivity index (χ1v) is 7.61. The molecule has 0 aliphatic carbocycles. The van der Waals surface area contributed by atoms with E-state index in [2.05, 4.69) is 25.8 Å². The summed E-state index contributed by atoms with van der Waals surface area (Å²) in [6, 6.07) is 18.0. The van der Waals surface area contributed by atoms with Crippen LogP contribution in [0.15, 0.2) is 72.7 Å². The molecule has 0 atom stereocenters. The second-order valence-electron chi connectivity index (χ2n) is 5.04. The summed E-state index contributed by atoms with van der Waals surface area (Å²) < 4.78 is 5.68. The molecule has 0 unspecified atom stereocenters. The lowest BCUT2D eigenvalue weighted by Crippen LogP contribution is -2.14. The first-order chi connectivity index (χ1) is 12.7. The van der Waals surface area contributed by atoms with Crippen molar-refractivity contribution in [1.29, 1.82) is 5.26 Å². The van der Waals surface area contributed by atoms with Gasteiger partial charge in [0.1, 0.15) is 29.5 Å². The number of nitriles is 1. The van der Waals surface area contributed by atoms with Gasteiger partial charge in [0, 0.05) is 11.9 Å². The maximum absolute atomic E-state index is 12.2. The fraction of sp³-hybridized carbons (Fsp3) is 0. The molecule has 0 saturated carbocycles. The predicted octanol–water partition coefficient (Wildman–Crippen LogP) is 3.06. The number of hydrogen-bond donors (Lipinski definition) is 3. The Hall–Kier alpha value is -4.12. The Kier molecular flexibility index (Phi) is 5.22. The first kappa shape index (κ1) is 16.7. The Bertz CT molecular complexity index is 928. The summed E-state index contributed by atoms with van der Waals surface area (Å²) in [5.74, 6) is 1.14. The SMILES string of the molecule is N#C/C(=C/Nc1ncn[nH]1)C(=O)Nc1ccc(Oc2ccccc2)cc1. The lowest BCUT2D eigenvalue weighted by molar-refractivity contribution is -0.112. The number of para-hydroxylation sites is 1. The number of hydrogen-bond acceptors (Lipinski definition) is 6. The number of benzene rings is 2. The Morgan fingerprint density at radius 3 is 2.50 bits per heavy atom. The third-order valence-electron chi connectivity index (χ3n) is 3.22. The van der Waals surface area contributed by atoms with Crippen LogP contribution < -0.4 is 15.4 Å². The minimum Gasteiger partial charge on any atom is -0.457 e. The van der Waals surface area contributed by atoms with Crippen molar-refractivity contribution in [3.05, 3.63) is 72.7 Å². The van der Waals surface area contributed by atoms with Gasteiger partial charge in [-0.1, -0.05) is 18.2 Å². The number of amides is 1. The van der Waals surface area contributed by atoms with Gasteiger partial charge in [-0.15, -0.1) is 0 Å². The zero-order valence-corrected chi connectivity index (χ0v) is 13.5. The quantitative estimate of drug-likeness (QED) is 0.467. The number of ether oxygens (including phenoxy) is 1. The molecule has 0 aliphatic heterocycles. The van der Waals surface area contributed by atoms with Gasteiger partial charge in [0.25, 0.3) is 5.91 Å². The minimum absolute atomic E-state index is 0.106. The van der Waals surface area contributed by atoms with E-state index in [1.807, 2.05) is 36.4 Å². The van der Waals surface area contributed by atoms with Gasteiger partial charge in [-0.25, -0.2) is 5.10 Å². The molecular weight excluding hydrogens is 332 g/mol. The number of nitrogens with zero attached hydrogens (tertiary/aromatic N) is 3. The number of aromatic amines is 1. The third-order valence-corrected chi connectivity index (χ3v) is 3.22. The largest absolute Gasteiger partial charge is 0.457 e. The molecule has 0 fully saturated rings. The van der Waals surface area contributed by atoms with E-state index in [4.69, 9.17) is 10.00 Å². The highest BCUT2D eigenvalue weighted by Crippen LogP contribution is 2.22. The highest BCUT2D eigenvalue weighted by atomic mass is 16.5. The summed E-state index contributed by atoms with van der Waals surface area (Å²) in [4.78, 5) is 16.0. The Morgan fingerprint density at radius 2 is 1.85 bits per heavy atom. The number of nitrogens with one attached hydrogen (secondary N) is 3. The van der Waals surface area contributed by atoms with Crippen LogP contribution >= 0.6 is 0 Å². The van der Waals surface area contributed by atoms with Crippen molar-refractivity contribution in [1.82, 2.24) is 15.2 Å². The molecule has 128 valence electrons. The van der Waals surface area contributed by atoms with E-state index in [0.717, 1.165) is 5.75 Å². The van der Waals surface area contributed by atoms with Gasteiger partial charge in [0.15, 0.2) is 0 Å². The van der Waals surface area contributed by atoms with Crippen LogP contribution in [0, 0.1) is 11.3 Å². The van der Waals surface area contributed by atoms with Gasteiger partial charge < -0.3 is 15.4 Å².